The third kappa shape index (κ3) is 4.33. The van der Waals surface area contributed by atoms with Gasteiger partial charge >= 0.3 is 6.18 Å². The summed E-state index contributed by atoms with van der Waals surface area (Å²) in [6.45, 7) is 5.20. The fourth-order valence-corrected chi connectivity index (χ4v) is 4.73. The zero-order chi connectivity index (χ0) is 22.3. The van der Waals surface area contributed by atoms with Crippen molar-refractivity contribution < 1.29 is 27.1 Å². The number of hydrogen-bond acceptors (Lipinski definition) is 4. The zero-order valence-electron chi connectivity index (χ0n) is 17.1. The van der Waals surface area contributed by atoms with Gasteiger partial charge in [-0.2, -0.15) is 18.3 Å². The van der Waals surface area contributed by atoms with Crippen LogP contribution in [0.5, 0.6) is 0 Å². The van der Waals surface area contributed by atoms with Gasteiger partial charge in [0.2, 0.25) is 0 Å². The van der Waals surface area contributed by atoms with Crippen molar-refractivity contribution in [2.45, 2.75) is 51.1 Å². The summed E-state index contributed by atoms with van der Waals surface area (Å²) in [4.78, 5) is 4.01. The zero-order valence-corrected chi connectivity index (χ0v) is 17.1. The van der Waals surface area contributed by atoms with E-state index in [0.29, 0.717) is 18.8 Å². The van der Waals surface area contributed by atoms with E-state index in [1.54, 1.807) is 4.90 Å². The van der Waals surface area contributed by atoms with Crippen molar-refractivity contribution in [3.05, 3.63) is 51.8 Å². The molecule has 0 saturated carbocycles. The highest BCUT2D eigenvalue weighted by atomic mass is 19.4. The van der Waals surface area contributed by atoms with Crippen LogP contribution in [0.3, 0.4) is 0 Å². The van der Waals surface area contributed by atoms with Crippen molar-refractivity contribution in [2.75, 3.05) is 26.2 Å². The van der Waals surface area contributed by atoms with Crippen molar-refractivity contribution in [3.63, 3.8) is 0 Å². The van der Waals surface area contributed by atoms with Gasteiger partial charge in [-0.3, -0.25) is 14.9 Å². The second kappa shape index (κ2) is 8.48. The predicted molar refractivity (Wildman–Crippen MR) is 103 cm³/mol. The minimum atomic E-state index is -4.90. The topological polar surface area (TPSA) is 55.4 Å². The number of alkyl halides is 3. The van der Waals surface area contributed by atoms with Crippen molar-refractivity contribution in [1.82, 2.24) is 20.0 Å². The molecule has 0 spiro atoms. The molecule has 1 aromatic carbocycles. The molecule has 1 saturated heterocycles. The van der Waals surface area contributed by atoms with Gasteiger partial charge in [0, 0.05) is 37.8 Å². The molecule has 2 N–H and O–H groups in total. The Hall–Kier alpha value is -2.04. The lowest BCUT2D eigenvalue weighted by Gasteiger charge is -2.36. The fourth-order valence-electron chi connectivity index (χ4n) is 4.73. The van der Waals surface area contributed by atoms with Crippen LogP contribution >= 0.6 is 0 Å². The third-order valence-electron chi connectivity index (χ3n) is 6.42. The van der Waals surface area contributed by atoms with Gasteiger partial charge in [-0.05, 0) is 43.4 Å². The lowest BCUT2D eigenvalue weighted by atomic mass is 9.85. The maximum Gasteiger partial charge on any atom is 0.419 e. The molecule has 2 aliphatic rings. The summed E-state index contributed by atoms with van der Waals surface area (Å²) in [5.74, 6) is -3.25. The Morgan fingerprint density at radius 2 is 1.90 bits per heavy atom. The van der Waals surface area contributed by atoms with Gasteiger partial charge in [-0.1, -0.05) is 6.92 Å². The lowest BCUT2D eigenvalue weighted by Crippen LogP contribution is -2.37. The van der Waals surface area contributed by atoms with E-state index in [1.807, 2.05) is 0 Å². The molecular weight excluding hydrogens is 419 g/mol. The highest BCUT2D eigenvalue weighted by molar-refractivity contribution is 5.35. The van der Waals surface area contributed by atoms with Gasteiger partial charge in [0.25, 0.3) is 0 Å². The normalized spacial score (nSPS) is 20.1. The van der Waals surface area contributed by atoms with E-state index < -0.39 is 35.5 Å². The highest BCUT2D eigenvalue weighted by Crippen LogP contribution is 2.41. The molecule has 0 aliphatic carbocycles. The molecule has 0 bridgehead atoms. The first-order chi connectivity index (χ1) is 14.7. The number of halogens is 5. The van der Waals surface area contributed by atoms with Crippen LogP contribution < -0.4 is 0 Å². The number of likely N-dealkylation sites (N-methyl/N-ethyl adjacent to an activating group) is 1. The molecule has 4 rings (SSSR count). The Labute approximate surface area is 176 Å². The number of aliphatic hydroxyl groups is 1. The van der Waals surface area contributed by atoms with E-state index in [4.69, 9.17) is 0 Å². The molecule has 1 unspecified atom stereocenters. The second-order valence-electron chi connectivity index (χ2n) is 8.22. The average Bonchev–Trinajstić information content (AvgIpc) is 3.14. The van der Waals surface area contributed by atoms with Gasteiger partial charge in [-0.15, -0.1) is 0 Å². The second-order valence-corrected chi connectivity index (χ2v) is 8.22. The minimum absolute atomic E-state index is 0.249. The van der Waals surface area contributed by atoms with E-state index in [1.165, 1.54) is 0 Å². The molecule has 5 nitrogen and oxygen atoms in total. The summed E-state index contributed by atoms with van der Waals surface area (Å²) in [5.41, 5.74) is 0.774. The van der Waals surface area contributed by atoms with Crippen molar-refractivity contribution in [1.29, 1.82) is 0 Å². The molecule has 2 aliphatic heterocycles. The van der Waals surface area contributed by atoms with Crippen LogP contribution in [0.15, 0.2) is 12.1 Å². The van der Waals surface area contributed by atoms with E-state index in [0.717, 1.165) is 43.4 Å². The molecule has 1 aromatic heterocycles. The minimum Gasteiger partial charge on any atom is -0.372 e. The summed E-state index contributed by atoms with van der Waals surface area (Å²) in [6, 6.07) is 1.05. The van der Waals surface area contributed by atoms with Gasteiger partial charge < -0.3 is 5.11 Å². The summed E-state index contributed by atoms with van der Waals surface area (Å²) >= 11 is 0. The molecule has 10 heteroatoms. The summed E-state index contributed by atoms with van der Waals surface area (Å²) in [5, 5.41) is 18.2. The van der Waals surface area contributed by atoms with Crippen LogP contribution in [0.2, 0.25) is 0 Å². The van der Waals surface area contributed by atoms with E-state index in [9.17, 15) is 27.1 Å². The standard InChI is InChI=1S/C21H25F5N4O/c1-2-29-6-5-14-17(11-29)27-28-19(14)20(31)30-7-3-12(4-8-30)15-9-13(22)10-16(23)18(15)21(24,25)26/h9-10,12,20,31H,2-8,11H2,1H3,(H,27,28). The maximum atomic E-state index is 13.9. The molecule has 0 amide bonds. The summed E-state index contributed by atoms with van der Waals surface area (Å²) < 4.78 is 67.7. The molecule has 1 atom stereocenters. The Kier molecular flexibility index (Phi) is 6.06. The summed E-state index contributed by atoms with van der Waals surface area (Å²) in [6.07, 6.45) is -4.61. The number of fused-ring (bicyclic) bond motifs is 1. The van der Waals surface area contributed by atoms with E-state index >= 15 is 0 Å². The molecule has 0 radical (unpaired) electrons. The van der Waals surface area contributed by atoms with Crippen molar-refractivity contribution in [2.24, 2.45) is 0 Å². The van der Waals surface area contributed by atoms with Crippen LogP contribution in [-0.2, 0) is 19.1 Å². The number of aliphatic hydroxyl groups excluding tert-OH is 1. The number of aromatic nitrogens is 2. The first kappa shape index (κ1) is 22.2. The number of nitrogens with zero attached hydrogens (tertiary/aromatic N) is 3. The molecular formula is C21H25F5N4O. The maximum absolute atomic E-state index is 13.9. The Morgan fingerprint density at radius 3 is 2.55 bits per heavy atom. The van der Waals surface area contributed by atoms with Crippen LogP contribution in [0.25, 0.3) is 0 Å². The SMILES string of the molecule is CCN1CCc2c(C(O)N3CCC(c4cc(F)cc(F)c4C(F)(F)F)CC3)n[nH]c2C1. The number of hydrogen-bond donors (Lipinski definition) is 2. The molecule has 31 heavy (non-hydrogen) atoms. The predicted octanol–water partition coefficient (Wildman–Crippen LogP) is 3.96. The van der Waals surface area contributed by atoms with Gasteiger partial charge in [0.05, 0.1) is 11.3 Å². The first-order valence-corrected chi connectivity index (χ1v) is 10.5. The quantitative estimate of drug-likeness (QED) is 0.702. The largest absolute Gasteiger partial charge is 0.419 e. The molecule has 3 heterocycles. The number of nitrogens with one attached hydrogen (secondary N) is 1. The van der Waals surface area contributed by atoms with Crippen LogP contribution in [0.1, 0.15) is 60.0 Å². The third-order valence-corrected chi connectivity index (χ3v) is 6.42. The Morgan fingerprint density at radius 1 is 1.19 bits per heavy atom. The smallest absolute Gasteiger partial charge is 0.372 e. The number of benzene rings is 1. The Balaban J connectivity index is 1.49. The lowest BCUT2D eigenvalue weighted by molar-refractivity contribution is -0.141. The van der Waals surface area contributed by atoms with Crippen molar-refractivity contribution in [3.8, 4) is 0 Å². The van der Waals surface area contributed by atoms with E-state index in [-0.39, 0.29) is 24.5 Å². The first-order valence-electron chi connectivity index (χ1n) is 10.5. The number of likely N-dealkylation sites (tertiary alicyclic amines) is 1. The molecule has 170 valence electrons. The molecule has 2 aromatic rings. The van der Waals surface area contributed by atoms with E-state index in [2.05, 4.69) is 22.0 Å². The Bertz CT molecular complexity index is 937. The fraction of sp³-hybridized carbons (Fsp3) is 0.571. The monoisotopic (exact) mass is 444 g/mol. The van der Waals surface area contributed by atoms with Gasteiger partial charge in [0.1, 0.15) is 17.3 Å². The summed E-state index contributed by atoms with van der Waals surface area (Å²) in [7, 11) is 0. The van der Waals surface area contributed by atoms with Crippen LogP contribution in [-0.4, -0.2) is 51.3 Å². The van der Waals surface area contributed by atoms with Crippen molar-refractivity contribution >= 4 is 0 Å². The van der Waals surface area contributed by atoms with Crippen LogP contribution in [0, 0.1) is 11.6 Å². The van der Waals surface area contributed by atoms with Gasteiger partial charge in [-0.25, -0.2) is 8.78 Å². The van der Waals surface area contributed by atoms with Crippen LogP contribution in [0.4, 0.5) is 22.0 Å². The number of piperidine rings is 1. The number of H-pyrrole nitrogens is 1. The highest BCUT2D eigenvalue weighted by Gasteiger charge is 2.40. The van der Waals surface area contributed by atoms with Gasteiger partial charge in [0.15, 0.2) is 6.23 Å². The number of aromatic amines is 1. The average molecular weight is 444 g/mol. The molecule has 1 fully saturated rings. The number of rotatable bonds is 4.